The number of rotatable bonds is 3. The molecule has 2 saturated heterocycles. The molecule has 18 heavy (non-hydrogen) atoms. The summed E-state index contributed by atoms with van der Waals surface area (Å²) in [5.74, 6) is 0. The Hall–Kier alpha value is -0.970. The van der Waals surface area contributed by atoms with E-state index in [4.69, 9.17) is 4.74 Å². The molecule has 3 rings (SSSR count). The summed E-state index contributed by atoms with van der Waals surface area (Å²) in [4.78, 5) is 6.52. The van der Waals surface area contributed by atoms with Crippen molar-refractivity contribution in [2.24, 2.45) is 0 Å². The highest BCUT2D eigenvalue weighted by molar-refractivity contribution is 5.26. The van der Waals surface area contributed by atoms with E-state index in [1.165, 1.54) is 5.56 Å². The van der Waals surface area contributed by atoms with Crippen LogP contribution < -0.4 is 5.32 Å². The summed E-state index contributed by atoms with van der Waals surface area (Å²) in [6.07, 6.45) is 4.92. The van der Waals surface area contributed by atoms with Gasteiger partial charge >= 0.3 is 0 Å². The van der Waals surface area contributed by atoms with Gasteiger partial charge in [0.25, 0.3) is 0 Å². The van der Waals surface area contributed by atoms with Crippen molar-refractivity contribution in [1.29, 1.82) is 0 Å². The number of nitrogens with zero attached hydrogens (tertiary/aromatic N) is 2. The molecule has 1 unspecified atom stereocenters. The number of nitrogens with one attached hydrogen (secondary N) is 1. The van der Waals surface area contributed by atoms with Crippen LogP contribution in [0.1, 0.15) is 12.0 Å². The molecule has 1 aromatic heterocycles. The highest BCUT2D eigenvalue weighted by Gasteiger charge is 2.42. The Labute approximate surface area is 108 Å². The molecule has 0 radical (unpaired) electrons. The fourth-order valence-electron chi connectivity index (χ4n) is 3.06. The number of likely N-dealkylation sites (N-methyl/N-ethyl adjacent to an activating group) is 1. The first-order chi connectivity index (χ1) is 8.78. The van der Waals surface area contributed by atoms with Crippen molar-refractivity contribution in [3.8, 4) is 0 Å². The summed E-state index contributed by atoms with van der Waals surface area (Å²) >= 11 is 0. The first-order valence-electron chi connectivity index (χ1n) is 6.69. The summed E-state index contributed by atoms with van der Waals surface area (Å²) in [5.41, 5.74) is 1.58. The van der Waals surface area contributed by atoms with E-state index in [0.717, 1.165) is 39.3 Å². The van der Waals surface area contributed by atoms with Crippen LogP contribution in [0.4, 0.5) is 0 Å². The maximum atomic E-state index is 5.50. The number of piperazine rings is 1. The molecule has 0 aliphatic carbocycles. The van der Waals surface area contributed by atoms with Crippen LogP contribution >= 0.6 is 0 Å². The third-order valence-electron chi connectivity index (χ3n) is 4.15. The van der Waals surface area contributed by atoms with Gasteiger partial charge in [-0.05, 0) is 31.2 Å². The molecular weight excluding hydrogens is 226 g/mol. The Bertz CT molecular complexity index is 391. The van der Waals surface area contributed by atoms with Gasteiger partial charge in [0.2, 0.25) is 0 Å². The molecule has 1 N–H and O–H groups in total. The summed E-state index contributed by atoms with van der Waals surface area (Å²) in [5, 5.41) is 3.63. The molecule has 1 atom stereocenters. The predicted octanol–water partition coefficient (Wildman–Crippen LogP) is 0.643. The monoisotopic (exact) mass is 247 g/mol. The molecule has 4 nitrogen and oxygen atoms in total. The van der Waals surface area contributed by atoms with E-state index >= 15 is 0 Å². The first kappa shape index (κ1) is 12.1. The second-order valence-electron chi connectivity index (χ2n) is 5.63. The van der Waals surface area contributed by atoms with Gasteiger partial charge in [-0.3, -0.25) is 4.98 Å². The Balaban J connectivity index is 1.72. The van der Waals surface area contributed by atoms with Gasteiger partial charge in [0.05, 0.1) is 13.2 Å². The molecular formula is C14H21N3O. The van der Waals surface area contributed by atoms with Crippen molar-refractivity contribution in [3.05, 3.63) is 30.1 Å². The van der Waals surface area contributed by atoms with Crippen LogP contribution in [0, 0.1) is 0 Å². The Morgan fingerprint density at radius 1 is 1.44 bits per heavy atom. The maximum Gasteiger partial charge on any atom is 0.0586 e. The van der Waals surface area contributed by atoms with Gasteiger partial charge in [-0.2, -0.15) is 0 Å². The van der Waals surface area contributed by atoms with E-state index in [1.54, 1.807) is 0 Å². The van der Waals surface area contributed by atoms with Crippen LogP contribution in [0.25, 0.3) is 0 Å². The molecule has 0 amide bonds. The molecule has 4 heteroatoms. The van der Waals surface area contributed by atoms with Crippen LogP contribution in [0.15, 0.2) is 24.5 Å². The first-order valence-corrected chi connectivity index (χ1v) is 6.69. The van der Waals surface area contributed by atoms with Crippen LogP contribution in [0.5, 0.6) is 0 Å². The van der Waals surface area contributed by atoms with E-state index in [9.17, 15) is 0 Å². The third-order valence-corrected chi connectivity index (χ3v) is 4.15. The summed E-state index contributed by atoms with van der Waals surface area (Å²) < 4.78 is 5.50. The zero-order chi connectivity index (χ0) is 12.4. The average molecular weight is 247 g/mol. The highest BCUT2D eigenvalue weighted by atomic mass is 16.5. The lowest BCUT2D eigenvalue weighted by Gasteiger charge is -2.45. The van der Waals surface area contributed by atoms with Gasteiger partial charge in [-0.15, -0.1) is 0 Å². The zero-order valence-electron chi connectivity index (χ0n) is 10.9. The number of aromatic nitrogens is 1. The molecule has 1 aromatic rings. The molecule has 98 valence electrons. The lowest BCUT2D eigenvalue weighted by molar-refractivity contribution is -0.0707. The van der Waals surface area contributed by atoms with Gasteiger partial charge in [0.1, 0.15) is 0 Å². The minimum absolute atomic E-state index is 0.207. The van der Waals surface area contributed by atoms with Crippen molar-refractivity contribution >= 4 is 0 Å². The molecule has 3 heterocycles. The summed E-state index contributed by atoms with van der Waals surface area (Å²) in [6, 6.07) is 4.84. The van der Waals surface area contributed by atoms with Crippen molar-refractivity contribution in [2.45, 2.75) is 17.9 Å². The Kier molecular flexibility index (Phi) is 3.33. The minimum Gasteiger partial charge on any atom is -0.379 e. The predicted molar refractivity (Wildman–Crippen MR) is 70.6 cm³/mol. The fourth-order valence-corrected chi connectivity index (χ4v) is 3.06. The quantitative estimate of drug-likeness (QED) is 0.851. The van der Waals surface area contributed by atoms with Crippen molar-refractivity contribution in [3.63, 3.8) is 0 Å². The molecule has 0 bridgehead atoms. The number of hydrogen-bond donors (Lipinski definition) is 1. The summed E-state index contributed by atoms with van der Waals surface area (Å²) in [7, 11) is 2.20. The SMILES string of the molecule is CN1CCNC(CC2(c3ccncc3)COC2)C1. The maximum absolute atomic E-state index is 5.50. The number of pyridine rings is 1. The van der Waals surface area contributed by atoms with E-state index < -0.39 is 0 Å². The van der Waals surface area contributed by atoms with E-state index in [2.05, 4.69) is 34.4 Å². The lowest BCUT2D eigenvalue weighted by Crippen LogP contribution is -2.56. The zero-order valence-corrected chi connectivity index (χ0v) is 10.9. The summed E-state index contributed by atoms with van der Waals surface area (Å²) in [6.45, 7) is 5.06. The Morgan fingerprint density at radius 2 is 2.22 bits per heavy atom. The van der Waals surface area contributed by atoms with Crippen LogP contribution in [0.2, 0.25) is 0 Å². The van der Waals surface area contributed by atoms with Gasteiger partial charge in [0.15, 0.2) is 0 Å². The van der Waals surface area contributed by atoms with E-state index in [-0.39, 0.29) is 5.41 Å². The van der Waals surface area contributed by atoms with Gasteiger partial charge in [-0.25, -0.2) is 0 Å². The van der Waals surface area contributed by atoms with Gasteiger partial charge in [-0.1, -0.05) is 0 Å². The smallest absolute Gasteiger partial charge is 0.0586 e. The van der Waals surface area contributed by atoms with Crippen molar-refractivity contribution < 1.29 is 4.74 Å². The topological polar surface area (TPSA) is 37.4 Å². The standard InChI is InChI=1S/C14H21N3O/c1-17-7-6-16-13(9-17)8-14(10-18-11-14)12-2-4-15-5-3-12/h2-5,13,16H,6-11H2,1H3. The third kappa shape index (κ3) is 2.28. The molecule has 0 aromatic carbocycles. The Morgan fingerprint density at radius 3 is 2.83 bits per heavy atom. The van der Waals surface area contributed by atoms with E-state index in [1.807, 2.05) is 12.4 Å². The van der Waals surface area contributed by atoms with Crippen LogP contribution in [-0.2, 0) is 10.2 Å². The van der Waals surface area contributed by atoms with Crippen LogP contribution in [-0.4, -0.2) is 55.8 Å². The van der Waals surface area contributed by atoms with Gasteiger partial charge in [0, 0.05) is 43.5 Å². The molecule has 0 saturated carbocycles. The molecule has 2 fully saturated rings. The van der Waals surface area contributed by atoms with Gasteiger partial charge < -0.3 is 15.0 Å². The molecule has 2 aliphatic heterocycles. The average Bonchev–Trinajstić information content (AvgIpc) is 2.35. The highest BCUT2D eigenvalue weighted by Crippen LogP contribution is 2.36. The number of ether oxygens (including phenoxy) is 1. The second-order valence-corrected chi connectivity index (χ2v) is 5.63. The van der Waals surface area contributed by atoms with Crippen LogP contribution in [0.3, 0.4) is 0 Å². The van der Waals surface area contributed by atoms with Crippen molar-refractivity contribution in [1.82, 2.24) is 15.2 Å². The van der Waals surface area contributed by atoms with E-state index in [0.29, 0.717) is 6.04 Å². The minimum atomic E-state index is 0.207. The molecule has 0 spiro atoms. The fraction of sp³-hybridized carbons (Fsp3) is 0.643. The molecule has 2 aliphatic rings. The largest absolute Gasteiger partial charge is 0.379 e. The van der Waals surface area contributed by atoms with Crippen molar-refractivity contribution in [2.75, 3.05) is 39.9 Å². The number of hydrogen-bond acceptors (Lipinski definition) is 4. The normalized spacial score (nSPS) is 27.7. The lowest BCUT2D eigenvalue weighted by atomic mass is 9.74. The second kappa shape index (κ2) is 4.96.